The molecule has 0 unspecified atom stereocenters. The first-order valence-electron chi connectivity index (χ1n) is 13.9. The normalized spacial score (nSPS) is 19.8. The maximum atomic E-state index is 13.7. The summed E-state index contributed by atoms with van der Waals surface area (Å²) in [6, 6.07) is 15.9. The van der Waals surface area contributed by atoms with Crippen LogP contribution in [-0.2, 0) is 19.7 Å². The molecule has 0 spiro atoms. The fourth-order valence-electron chi connectivity index (χ4n) is 5.52. The zero-order valence-corrected chi connectivity index (χ0v) is 24.7. The summed E-state index contributed by atoms with van der Waals surface area (Å²) in [4.78, 5) is 64.5. The van der Waals surface area contributed by atoms with Gasteiger partial charge in [-0.25, -0.2) is 5.01 Å². The van der Waals surface area contributed by atoms with Gasteiger partial charge in [0.25, 0.3) is 23.4 Å². The van der Waals surface area contributed by atoms with Crippen molar-refractivity contribution in [2.45, 2.75) is 38.0 Å². The number of fused-ring (bicyclic) bond motifs is 1. The Morgan fingerprint density at radius 2 is 1.50 bits per heavy atom. The quantitative estimate of drug-likeness (QED) is 0.112. The van der Waals surface area contributed by atoms with Gasteiger partial charge in [0.15, 0.2) is 5.78 Å². The molecule has 2 fully saturated rings. The second-order valence-electron chi connectivity index (χ2n) is 11.1. The average molecular weight is 620 g/mol. The van der Waals surface area contributed by atoms with E-state index in [0.717, 1.165) is 34.1 Å². The highest BCUT2D eigenvalue weighted by atomic mass is 32.2. The molecule has 1 aliphatic carbocycles. The number of nitro benzene ring substituents is 1. The number of carbonyl (C=O) groups is 4. The van der Waals surface area contributed by atoms with E-state index in [4.69, 9.17) is 4.18 Å². The fraction of sp³-hybridized carbons (Fsp3) is 0.290. The van der Waals surface area contributed by atoms with E-state index < -0.39 is 56.9 Å². The van der Waals surface area contributed by atoms with Crippen LogP contribution in [0.15, 0.2) is 77.7 Å². The van der Waals surface area contributed by atoms with Crippen LogP contribution in [0.5, 0.6) is 5.75 Å². The van der Waals surface area contributed by atoms with Crippen LogP contribution in [0.4, 0.5) is 5.69 Å². The Labute approximate surface area is 253 Å². The minimum atomic E-state index is -4.13. The van der Waals surface area contributed by atoms with Gasteiger partial charge in [0, 0.05) is 23.3 Å². The van der Waals surface area contributed by atoms with Crippen molar-refractivity contribution in [3.63, 3.8) is 0 Å². The smallest absolute Gasteiger partial charge is 0.339 e. The summed E-state index contributed by atoms with van der Waals surface area (Å²) in [5.41, 5.74) is 0.622. The summed E-state index contributed by atoms with van der Waals surface area (Å²) in [7, 11) is -4.13. The highest BCUT2D eigenvalue weighted by Crippen LogP contribution is 2.41. The van der Waals surface area contributed by atoms with Crippen LogP contribution in [-0.4, -0.2) is 53.4 Å². The first-order chi connectivity index (χ1) is 20.9. The topological polar surface area (TPSA) is 161 Å². The Hall–Kier alpha value is -4.91. The van der Waals surface area contributed by atoms with Crippen molar-refractivity contribution >= 4 is 39.3 Å². The first kappa shape index (κ1) is 30.5. The maximum Gasteiger partial charge on any atom is 0.339 e. The van der Waals surface area contributed by atoms with Crippen molar-refractivity contribution in [1.29, 1.82) is 0 Å². The molecule has 1 saturated carbocycles. The number of imide groups is 1. The highest BCUT2D eigenvalue weighted by molar-refractivity contribution is 7.87. The lowest BCUT2D eigenvalue weighted by Crippen LogP contribution is -2.52. The van der Waals surface area contributed by atoms with Gasteiger partial charge in [-0.1, -0.05) is 24.6 Å². The summed E-state index contributed by atoms with van der Waals surface area (Å²) in [6.07, 6.45) is 1.71. The summed E-state index contributed by atoms with van der Waals surface area (Å²) in [5, 5.41) is 12.6. The molecule has 3 amide bonds. The van der Waals surface area contributed by atoms with Gasteiger partial charge >= 0.3 is 10.1 Å². The molecule has 3 aromatic rings. The molecule has 3 atom stereocenters. The largest absolute Gasteiger partial charge is 0.379 e. The molecule has 1 aliphatic heterocycles. The van der Waals surface area contributed by atoms with E-state index in [1.54, 1.807) is 12.1 Å². The van der Waals surface area contributed by atoms with E-state index in [2.05, 4.69) is 0 Å². The van der Waals surface area contributed by atoms with E-state index >= 15 is 0 Å². The number of rotatable bonds is 9. The molecule has 1 saturated heterocycles. The highest BCUT2D eigenvalue weighted by Gasteiger charge is 2.52. The number of amides is 3. The number of non-ortho nitro benzene ring substituents is 1. The van der Waals surface area contributed by atoms with Gasteiger partial charge in [-0.3, -0.25) is 29.3 Å². The Kier molecular flexibility index (Phi) is 8.33. The Morgan fingerprint density at radius 1 is 0.909 bits per heavy atom. The van der Waals surface area contributed by atoms with Crippen molar-refractivity contribution < 1.29 is 36.7 Å². The van der Waals surface area contributed by atoms with E-state index in [-0.39, 0.29) is 33.4 Å². The molecule has 2 aliphatic rings. The van der Waals surface area contributed by atoms with Gasteiger partial charge in [-0.2, -0.15) is 13.4 Å². The fourth-order valence-corrected chi connectivity index (χ4v) is 6.45. The van der Waals surface area contributed by atoms with Crippen molar-refractivity contribution in [2.75, 3.05) is 6.54 Å². The second-order valence-corrected chi connectivity index (χ2v) is 12.6. The zero-order valence-electron chi connectivity index (χ0n) is 23.9. The Bertz CT molecular complexity index is 1740. The third-order valence-corrected chi connectivity index (χ3v) is 9.21. The summed E-state index contributed by atoms with van der Waals surface area (Å²) < 4.78 is 30.5. The molecule has 0 radical (unpaired) electrons. The minimum absolute atomic E-state index is 0.0430. The van der Waals surface area contributed by atoms with Crippen LogP contribution < -0.4 is 4.18 Å². The summed E-state index contributed by atoms with van der Waals surface area (Å²) >= 11 is 0. The monoisotopic (exact) mass is 619 g/mol. The number of hydrazine groups is 1. The molecule has 0 aromatic heterocycles. The van der Waals surface area contributed by atoms with Crippen LogP contribution >= 0.6 is 0 Å². The average Bonchev–Trinajstić information content (AvgIpc) is 3.24. The summed E-state index contributed by atoms with van der Waals surface area (Å²) in [5.74, 6) is -3.69. The number of hydrogen-bond donors (Lipinski definition) is 0. The van der Waals surface area contributed by atoms with Gasteiger partial charge in [-0.05, 0) is 80.6 Å². The number of carbonyl (C=O) groups excluding carboxylic acids is 4. The van der Waals surface area contributed by atoms with Crippen molar-refractivity contribution in [2.24, 2.45) is 17.8 Å². The van der Waals surface area contributed by atoms with E-state index in [1.807, 2.05) is 13.8 Å². The lowest BCUT2D eigenvalue weighted by atomic mass is 9.76. The lowest BCUT2D eigenvalue weighted by Gasteiger charge is -2.30. The number of benzene rings is 3. The van der Waals surface area contributed by atoms with Crippen molar-refractivity contribution in [1.82, 2.24) is 10.0 Å². The minimum Gasteiger partial charge on any atom is -0.379 e. The molecule has 1 heterocycles. The van der Waals surface area contributed by atoms with Gasteiger partial charge in [-0.15, -0.1) is 0 Å². The third-order valence-electron chi connectivity index (χ3n) is 7.95. The SMILES string of the molecule is Cc1ccc(S(=O)(=O)Oc2ccc(C(=O)CN(C(=O)c3ccc([N+](=O)[O-])cc3)N3C(=O)[C@@H]4CC[C@H](C)C[C@H]4C3=O)cc2)cc1. The Morgan fingerprint density at radius 3 is 2.11 bits per heavy atom. The lowest BCUT2D eigenvalue weighted by molar-refractivity contribution is -0.384. The molecular formula is C31H29N3O9S. The molecule has 12 nitrogen and oxygen atoms in total. The molecule has 3 aromatic carbocycles. The van der Waals surface area contributed by atoms with Gasteiger partial charge in [0.05, 0.1) is 16.8 Å². The van der Waals surface area contributed by atoms with E-state index in [1.165, 1.54) is 48.5 Å². The van der Waals surface area contributed by atoms with E-state index in [9.17, 15) is 37.7 Å². The predicted octanol–water partition coefficient (Wildman–Crippen LogP) is 4.33. The first-order valence-corrected chi connectivity index (χ1v) is 15.3. The number of ketones is 1. The van der Waals surface area contributed by atoms with Gasteiger partial charge < -0.3 is 4.18 Å². The molecule has 44 heavy (non-hydrogen) atoms. The number of nitro groups is 1. The number of Topliss-reactive ketones (excluding diaryl/α,β-unsaturated/α-hetero) is 1. The molecule has 5 rings (SSSR count). The molecular weight excluding hydrogens is 590 g/mol. The Balaban J connectivity index is 1.40. The molecule has 0 bridgehead atoms. The molecule has 0 N–H and O–H groups in total. The summed E-state index contributed by atoms with van der Waals surface area (Å²) in [6.45, 7) is 3.11. The van der Waals surface area contributed by atoms with Crippen LogP contribution in [0.1, 0.15) is 52.5 Å². The maximum absolute atomic E-state index is 13.7. The second kappa shape index (κ2) is 12.0. The van der Waals surface area contributed by atoms with Crippen LogP contribution in [0, 0.1) is 34.8 Å². The van der Waals surface area contributed by atoms with Gasteiger partial charge in [0.1, 0.15) is 17.2 Å². The third kappa shape index (κ3) is 6.09. The molecule has 228 valence electrons. The predicted molar refractivity (Wildman–Crippen MR) is 156 cm³/mol. The molecule has 13 heteroatoms. The van der Waals surface area contributed by atoms with Crippen molar-refractivity contribution in [3.8, 4) is 5.75 Å². The van der Waals surface area contributed by atoms with Crippen LogP contribution in [0.2, 0.25) is 0 Å². The van der Waals surface area contributed by atoms with E-state index in [0.29, 0.717) is 12.8 Å². The van der Waals surface area contributed by atoms with Crippen LogP contribution in [0.25, 0.3) is 0 Å². The number of hydrogen-bond acceptors (Lipinski definition) is 9. The van der Waals surface area contributed by atoms with Gasteiger partial charge in [0.2, 0.25) is 0 Å². The number of nitrogens with zero attached hydrogens (tertiary/aromatic N) is 3. The number of aryl methyl sites for hydroxylation is 1. The zero-order chi connectivity index (χ0) is 31.8. The van der Waals surface area contributed by atoms with Crippen molar-refractivity contribution in [3.05, 3.63) is 99.6 Å². The van der Waals surface area contributed by atoms with Crippen LogP contribution in [0.3, 0.4) is 0 Å². The standard InChI is InChI=1S/C31H29N3O9S/c1-19-3-14-25(15-4-19)44(41,42)43-24-12-8-21(9-13-24)28(35)18-32(29(36)22-6-10-23(11-7-22)34(39)40)33-30(37)26-16-5-20(2)17-27(26)31(33)38/h3-4,6-15,20,26-27H,5,16-18H2,1-2H3/t20-,26+,27+/m0/s1.